The number of aryl methyl sites for hydroxylation is 1. The fraction of sp³-hybridized carbons (Fsp3) is 0.167. The van der Waals surface area contributed by atoms with Gasteiger partial charge in [-0.15, -0.1) is 0 Å². The number of nitrogens with zero attached hydrogens (tertiary/aromatic N) is 1. The van der Waals surface area contributed by atoms with Gasteiger partial charge in [-0.05, 0) is 25.1 Å². The molecule has 0 saturated carbocycles. The summed E-state index contributed by atoms with van der Waals surface area (Å²) in [5.74, 6) is 0.211. The topological polar surface area (TPSA) is 52.3 Å². The number of carbonyl (C=O) groups excluding carboxylic acids is 1. The van der Waals surface area contributed by atoms with Crippen LogP contribution in [0.4, 0.5) is 0 Å². The van der Waals surface area contributed by atoms with E-state index < -0.39 is 5.97 Å². The highest BCUT2D eigenvalue weighted by molar-refractivity contribution is 5.90. The Morgan fingerprint density at radius 2 is 2.31 bits per heavy atom. The summed E-state index contributed by atoms with van der Waals surface area (Å²) < 4.78 is 9.91. The lowest BCUT2D eigenvalue weighted by Crippen LogP contribution is -1.98. The van der Waals surface area contributed by atoms with Gasteiger partial charge in [0.05, 0.1) is 12.7 Å². The van der Waals surface area contributed by atoms with E-state index in [1.54, 1.807) is 12.3 Å². The minimum Gasteiger partial charge on any atom is -0.465 e. The van der Waals surface area contributed by atoms with Gasteiger partial charge in [0.1, 0.15) is 12.0 Å². The SMILES string of the molecule is COC(=O)c1coc(-c2cccnc2C)c1. The molecule has 2 aromatic rings. The van der Waals surface area contributed by atoms with Crippen LogP contribution >= 0.6 is 0 Å². The van der Waals surface area contributed by atoms with Gasteiger partial charge in [-0.1, -0.05) is 0 Å². The van der Waals surface area contributed by atoms with Crippen LogP contribution in [-0.4, -0.2) is 18.1 Å². The van der Waals surface area contributed by atoms with Gasteiger partial charge in [-0.3, -0.25) is 4.98 Å². The number of hydrogen-bond donors (Lipinski definition) is 0. The number of carbonyl (C=O) groups is 1. The largest absolute Gasteiger partial charge is 0.465 e. The Bertz CT molecular complexity index is 516. The monoisotopic (exact) mass is 217 g/mol. The Morgan fingerprint density at radius 3 is 3.00 bits per heavy atom. The van der Waals surface area contributed by atoms with Gasteiger partial charge in [0.25, 0.3) is 0 Å². The molecule has 0 bridgehead atoms. The summed E-state index contributed by atoms with van der Waals surface area (Å²) in [7, 11) is 1.34. The van der Waals surface area contributed by atoms with Crippen LogP contribution in [0.25, 0.3) is 11.3 Å². The Hall–Kier alpha value is -2.10. The van der Waals surface area contributed by atoms with E-state index in [9.17, 15) is 4.79 Å². The average Bonchev–Trinajstić information content (AvgIpc) is 2.78. The Labute approximate surface area is 92.9 Å². The Kier molecular flexibility index (Phi) is 2.72. The first-order valence-electron chi connectivity index (χ1n) is 4.81. The minimum absolute atomic E-state index is 0.403. The first-order valence-corrected chi connectivity index (χ1v) is 4.81. The molecule has 0 aliphatic carbocycles. The molecule has 82 valence electrons. The van der Waals surface area contributed by atoms with Crippen LogP contribution in [0.3, 0.4) is 0 Å². The highest BCUT2D eigenvalue weighted by Crippen LogP contribution is 2.24. The molecule has 0 atom stereocenters. The first-order chi connectivity index (χ1) is 7.72. The molecule has 16 heavy (non-hydrogen) atoms. The Balaban J connectivity index is 2.39. The van der Waals surface area contributed by atoms with E-state index in [1.807, 2.05) is 19.1 Å². The van der Waals surface area contributed by atoms with Gasteiger partial charge in [0, 0.05) is 17.5 Å². The minimum atomic E-state index is -0.406. The van der Waals surface area contributed by atoms with Gasteiger partial charge in [0.2, 0.25) is 0 Å². The third-order valence-corrected chi connectivity index (χ3v) is 2.29. The highest BCUT2D eigenvalue weighted by atomic mass is 16.5. The van der Waals surface area contributed by atoms with E-state index in [-0.39, 0.29) is 0 Å². The standard InChI is InChI=1S/C12H11NO3/c1-8-10(4-3-5-13-8)11-6-9(7-16-11)12(14)15-2/h3-7H,1-2H3. The summed E-state index contributed by atoms with van der Waals surface area (Å²) in [6.45, 7) is 1.88. The summed E-state index contributed by atoms with van der Waals surface area (Å²) in [4.78, 5) is 15.4. The molecule has 2 rings (SSSR count). The van der Waals surface area contributed by atoms with Crippen molar-refractivity contribution in [2.75, 3.05) is 7.11 Å². The van der Waals surface area contributed by atoms with Crippen LogP contribution in [0, 0.1) is 6.92 Å². The van der Waals surface area contributed by atoms with Crippen LogP contribution < -0.4 is 0 Å². The lowest BCUT2D eigenvalue weighted by Gasteiger charge is -1.99. The van der Waals surface area contributed by atoms with Gasteiger partial charge in [-0.25, -0.2) is 4.79 Å². The number of rotatable bonds is 2. The zero-order valence-corrected chi connectivity index (χ0v) is 9.06. The van der Waals surface area contributed by atoms with Crippen molar-refractivity contribution >= 4 is 5.97 Å². The molecule has 0 aliphatic heterocycles. The summed E-state index contributed by atoms with van der Waals surface area (Å²) in [6, 6.07) is 5.36. The maximum absolute atomic E-state index is 11.2. The third-order valence-electron chi connectivity index (χ3n) is 2.29. The van der Waals surface area contributed by atoms with Crippen molar-refractivity contribution in [1.29, 1.82) is 0 Å². The average molecular weight is 217 g/mol. The van der Waals surface area contributed by atoms with Gasteiger partial charge in [-0.2, -0.15) is 0 Å². The lowest BCUT2D eigenvalue weighted by molar-refractivity contribution is 0.0600. The highest BCUT2D eigenvalue weighted by Gasteiger charge is 2.12. The van der Waals surface area contributed by atoms with Crippen molar-refractivity contribution in [3.63, 3.8) is 0 Å². The summed E-state index contributed by atoms with van der Waals surface area (Å²) in [5.41, 5.74) is 2.13. The zero-order chi connectivity index (χ0) is 11.5. The molecule has 0 aromatic carbocycles. The van der Waals surface area contributed by atoms with Crippen molar-refractivity contribution < 1.29 is 13.9 Å². The van der Waals surface area contributed by atoms with E-state index >= 15 is 0 Å². The van der Waals surface area contributed by atoms with Crippen molar-refractivity contribution in [3.8, 4) is 11.3 Å². The number of hydrogen-bond acceptors (Lipinski definition) is 4. The van der Waals surface area contributed by atoms with Crippen molar-refractivity contribution in [2.24, 2.45) is 0 Å². The first kappa shape index (κ1) is 10.4. The smallest absolute Gasteiger partial charge is 0.341 e. The van der Waals surface area contributed by atoms with Crippen LogP contribution in [0.2, 0.25) is 0 Å². The van der Waals surface area contributed by atoms with E-state index in [4.69, 9.17) is 4.42 Å². The molecule has 0 N–H and O–H groups in total. The number of pyridine rings is 1. The molecule has 0 spiro atoms. The molecule has 0 saturated heterocycles. The predicted octanol–water partition coefficient (Wildman–Crippen LogP) is 2.44. The molecule has 4 heteroatoms. The molecule has 0 amide bonds. The summed E-state index contributed by atoms with van der Waals surface area (Å²) >= 11 is 0. The van der Waals surface area contributed by atoms with Crippen molar-refractivity contribution in [1.82, 2.24) is 4.98 Å². The number of ether oxygens (including phenoxy) is 1. The maximum atomic E-state index is 11.2. The quantitative estimate of drug-likeness (QED) is 0.725. The fourth-order valence-corrected chi connectivity index (χ4v) is 1.45. The predicted molar refractivity (Wildman–Crippen MR) is 58.0 cm³/mol. The van der Waals surface area contributed by atoms with Crippen LogP contribution in [0.5, 0.6) is 0 Å². The number of aromatic nitrogens is 1. The van der Waals surface area contributed by atoms with E-state index in [1.165, 1.54) is 13.4 Å². The molecule has 2 heterocycles. The van der Waals surface area contributed by atoms with Crippen molar-refractivity contribution in [2.45, 2.75) is 6.92 Å². The second-order valence-electron chi connectivity index (χ2n) is 3.33. The van der Waals surface area contributed by atoms with Crippen LogP contribution in [0.1, 0.15) is 16.1 Å². The zero-order valence-electron chi connectivity index (χ0n) is 9.06. The molecule has 0 aliphatic rings. The molecule has 0 unspecified atom stereocenters. The number of esters is 1. The summed E-state index contributed by atoms with van der Waals surface area (Å²) in [5, 5.41) is 0. The number of methoxy groups -OCH3 is 1. The second-order valence-corrected chi connectivity index (χ2v) is 3.33. The molecule has 4 nitrogen and oxygen atoms in total. The van der Waals surface area contributed by atoms with Gasteiger partial charge in [0.15, 0.2) is 0 Å². The van der Waals surface area contributed by atoms with Crippen molar-refractivity contribution in [3.05, 3.63) is 41.9 Å². The van der Waals surface area contributed by atoms with E-state index in [0.29, 0.717) is 11.3 Å². The molecule has 2 aromatic heterocycles. The van der Waals surface area contributed by atoms with Crippen LogP contribution in [-0.2, 0) is 4.74 Å². The molecular weight excluding hydrogens is 206 g/mol. The molecular formula is C12H11NO3. The number of furan rings is 1. The van der Waals surface area contributed by atoms with E-state index in [0.717, 1.165) is 11.3 Å². The molecule has 0 radical (unpaired) electrons. The van der Waals surface area contributed by atoms with E-state index in [2.05, 4.69) is 9.72 Å². The molecule has 0 fully saturated rings. The second kappa shape index (κ2) is 4.18. The lowest BCUT2D eigenvalue weighted by atomic mass is 10.1. The van der Waals surface area contributed by atoms with Gasteiger partial charge < -0.3 is 9.15 Å². The summed E-state index contributed by atoms with van der Waals surface area (Å²) in [6.07, 6.45) is 3.09. The normalized spacial score (nSPS) is 10.1. The Morgan fingerprint density at radius 1 is 1.50 bits per heavy atom. The maximum Gasteiger partial charge on any atom is 0.341 e. The fourth-order valence-electron chi connectivity index (χ4n) is 1.45. The van der Waals surface area contributed by atoms with Crippen LogP contribution in [0.15, 0.2) is 35.1 Å². The third kappa shape index (κ3) is 1.82. The van der Waals surface area contributed by atoms with Gasteiger partial charge >= 0.3 is 5.97 Å².